The van der Waals surface area contributed by atoms with Gasteiger partial charge in [-0.2, -0.15) is 0 Å². The molecule has 8 heteroatoms. The van der Waals surface area contributed by atoms with Crippen LogP contribution in [0.4, 0.5) is 5.69 Å². The number of benzene rings is 2. The number of rotatable bonds is 7. The van der Waals surface area contributed by atoms with Crippen molar-refractivity contribution < 1.29 is 19.5 Å². The van der Waals surface area contributed by atoms with Gasteiger partial charge in [-0.3, -0.25) is 0 Å². The maximum Gasteiger partial charge on any atom is 0.348 e. The molecule has 2 aromatic carbocycles. The van der Waals surface area contributed by atoms with E-state index in [9.17, 15) is 10.0 Å². The molecule has 6 nitrogen and oxygen atoms in total. The zero-order valence-corrected chi connectivity index (χ0v) is 19.5. The highest BCUT2D eigenvalue weighted by Crippen LogP contribution is 2.46. The lowest BCUT2D eigenvalue weighted by Crippen LogP contribution is -2.38. The first-order chi connectivity index (χ1) is 15.7. The zero-order valence-electron chi connectivity index (χ0n) is 17.9. The Morgan fingerprint density at radius 2 is 1.97 bits per heavy atom. The number of fused-ring (bicyclic) bond motifs is 1. The van der Waals surface area contributed by atoms with E-state index >= 15 is 0 Å². The van der Waals surface area contributed by atoms with Gasteiger partial charge in [0.15, 0.2) is 0 Å². The molecule has 4 rings (SSSR count). The molecule has 0 aliphatic carbocycles. The van der Waals surface area contributed by atoms with E-state index in [1.54, 1.807) is 25.8 Å². The molecule has 1 aliphatic heterocycles. The molecule has 1 aromatic heterocycles. The van der Waals surface area contributed by atoms with E-state index in [1.165, 1.54) is 16.9 Å². The predicted octanol–water partition coefficient (Wildman–Crippen LogP) is 5.56. The summed E-state index contributed by atoms with van der Waals surface area (Å²) in [5.41, 5.74) is 4.31. The lowest BCUT2D eigenvalue weighted by molar-refractivity contribution is 0.0531. The first kappa shape index (κ1) is 22.2. The molecule has 0 fully saturated rings. The van der Waals surface area contributed by atoms with Crippen molar-refractivity contribution in [3.63, 3.8) is 0 Å². The van der Waals surface area contributed by atoms with Gasteiger partial charge >= 0.3 is 5.97 Å². The monoisotopic (exact) mass is 468 g/mol. The molecule has 0 radical (unpaired) electrons. The Hall–Kier alpha value is -2.97. The van der Waals surface area contributed by atoms with E-state index in [0.29, 0.717) is 23.7 Å². The molecule has 0 saturated heterocycles. The van der Waals surface area contributed by atoms with Gasteiger partial charge in [0.1, 0.15) is 21.7 Å². The van der Waals surface area contributed by atoms with E-state index in [4.69, 9.17) is 9.47 Å². The maximum atomic E-state index is 12.8. The van der Waals surface area contributed by atoms with Crippen LogP contribution >= 0.6 is 23.1 Å². The van der Waals surface area contributed by atoms with Crippen molar-refractivity contribution in [3.05, 3.63) is 81.5 Å². The predicted molar refractivity (Wildman–Crippen MR) is 129 cm³/mol. The molecule has 32 heavy (non-hydrogen) atoms. The summed E-state index contributed by atoms with van der Waals surface area (Å²) in [7, 11) is 1.63. The van der Waals surface area contributed by atoms with E-state index in [2.05, 4.69) is 22.2 Å². The van der Waals surface area contributed by atoms with E-state index < -0.39 is 0 Å². The van der Waals surface area contributed by atoms with Crippen LogP contribution < -0.4 is 9.64 Å². The standard InChI is InChI=1S/C24H24N2O4S2/c1-3-30-24(27)22-21-19(15-31-22)20(25-28)13-26(17-9-11-18(29-2)12-10-17)23(21)32-14-16-7-5-4-6-8-16/h4-12,15,23,28H,3,13-14H2,1-2H3. The number of hydrogen-bond donors (Lipinski definition) is 1. The van der Waals surface area contributed by atoms with Gasteiger partial charge in [0.25, 0.3) is 0 Å². The minimum atomic E-state index is -0.349. The van der Waals surface area contributed by atoms with Crippen LogP contribution in [0.1, 0.15) is 38.7 Å². The average Bonchev–Trinajstić information content (AvgIpc) is 3.28. The Bertz CT molecular complexity index is 1100. The molecule has 0 spiro atoms. The molecule has 2 heterocycles. The molecule has 3 aromatic rings. The van der Waals surface area contributed by atoms with Gasteiger partial charge in [0, 0.05) is 27.9 Å². The van der Waals surface area contributed by atoms with Crippen molar-refractivity contribution >= 4 is 40.5 Å². The second kappa shape index (κ2) is 10.1. The first-order valence-corrected chi connectivity index (χ1v) is 12.1. The summed E-state index contributed by atoms with van der Waals surface area (Å²) in [6.07, 6.45) is 0. The second-order valence-corrected chi connectivity index (χ2v) is 9.08. The summed E-state index contributed by atoms with van der Waals surface area (Å²) in [6, 6.07) is 18.0. The summed E-state index contributed by atoms with van der Waals surface area (Å²) in [5.74, 6) is 1.18. The van der Waals surface area contributed by atoms with Crippen LogP contribution in [0.15, 0.2) is 65.1 Å². The summed E-state index contributed by atoms with van der Waals surface area (Å²) in [6.45, 7) is 2.52. The number of hydrogen-bond acceptors (Lipinski definition) is 8. The van der Waals surface area contributed by atoms with Gasteiger partial charge in [0.2, 0.25) is 0 Å². The lowest BCUT2D eigenvalue weighted by atomic mass is 9.99. The fourth-order valence-corrected chi connectivity index (χ4v) is 6.09. The number of thiophene rings is 1. The van der Waals surface area contributed by atoms with Crippen LogP contribution in [0.5, 0.6) is 5.75 Å². The molecule has 166 valence electrons. The summed E-state index contributed by atoms with van der Waals surface area (Å²) >= 11 is 3.06. The van der Waals surface area contributed by atoms with Crippen molar-refractivity contribution in [1.29, 1.82) is 0 Å². The Morgan fingerprint density at radius 1 is 1.22 bits per heavy atom. The number of carbonyl (C=O) groups excluding carboxylic acids is 1. The molecular weight excluding hydrogens is 444 g/mol. The quantitative estimate of drug-likeness (QED) is 0.278. The fraction of sp³-hybridized carbons (Fsp3) is 0.250. The van der Waals surface area contributed by atoms with Crippen LogP contribution in [0, 0.1) is 0 Å². The van der Waals surface area contributed by atoms with Gasteiger partial charge in [-0.05, 0) is 36.8 Å². The van der Waals surface area contributed by atoms with Crippen LogP contribution in [-0.2, 0) is 10.5 Å². The highest BCUT2D eigenvalue weighted by molar-refractivity contribution is 7.98. The third kappa shape index (κ3) is 4.47. The molecule has 1 unspecified atom stereocenters. The highest BCUT2D eigenvalue weighted by Gasteiger charge is 2.37. The average molecular weight is 469 g/mol. The van der Waals surface area contributed by atoms with E-state index in [0.717, 1.165) is 28.3 Å². The Kier molecular flexibility index (Phi) is 7.02. The molecule has 0 saturated carbocycles. The second-order valence-electron chi connectivity index (χ2n) is 7.13. The third-order valence-corrected chi connectivity index (χ3v) is 7.51. The summed E-state index contributed by atoms with van der Waals surface area (Å²) in [4.78, 5) is 15.5. The van der Waals surface area contributed by atoms with Crippen LogP contribution in [0.3, 0.4) is 0 Å². The number of ether oxygens (including phenoxy) is 2. The SMILES string of the molecule is CCOC(=O)c1scc2c1C(SCc1ccccc1)N(c1ccc(OC)cc1)CC2=NO. The number of carbonyl (C=O) groups is 1. The topological polar surface area (TPSA) is 71.4 Å². The van der Waals surface area contributed by atoms with E-state index in [1.807, 2.05) is 47.8 Å². The molecule has 1 aliphatic rings. The number of thioether (sulfide) groups is 1. The van der Waals surface area contributed by atoms with Crippen molar-refractivity contribution in [2.24, 2.45) is 5.16 Å². The number of nitrogens with zero attached hydrogens (tertiary/aromatic N) is 2. The normalized spacial score (nSPS) is 16.6. The Morgan fingerprint density at radius 3 is 2.62 bits per heavy atom. The van der Waals surface area contributed by atoms with Crippen LogP contribution in [0.2, 0.25) is 0 Å². The van der Waals surface area contributed by atoms with Crippen LogP contribution in [0.25, 0.3) is 0 Å². The minimum Gasteiger partial charge on any atom is -0.497 e. The minimum absolute atomic E-state index is 0.158. The Balaban J connectivity index is 1.78. The first-order valence-electron chi connectivity index (χ1n) is 10.2. The molecule has 1 N–H and O–H groups in total. The summed E-state index contributed by atoms with van der Waals surface area (Å²) < 4.78 is 10.6. The zero-order chi connectivity index (χ0) is 22.5. The molecule has 1 atom stereocenters. The van der Waals surface area contributed by atoms with Gasteiger partial charge in [-0.15, -0.1) is 23.1 Å². The van der Waals surface area contributed by atoms with Gasteiger partial charge in [-0.25, -0.2) is 4.79 Å². The Labute approximate surface area is 195 Å². The number of oxime groups is 1. The molecule has 0 bridgehead atoms. The maximum absolute atomic E-state index is 12.8. The third-order valence-electron chi connectivity index (χ3n) is 5.23. The van der Waals surface area contributed by atoms with Crippen molar-refractivity contribution in [3.8, 4) is 5.75 Å². The lowest BCUT2D eigenvalue weighted by Gasteiger charge is -2.38. The van der Waals surface area contributed by atoms with E-state index in [-0.39, 0.29) is 11.3 Å². The highest BCUT2D eigenvalue weighted by atomic mass is 32.2. The number of esters is 1. The number of anilines is 1. The molecule has 0 amide bonds. The van der Waals surface area contributed by atoms with Gasteiger partial charge in [0.05, 0.1) is 20.3 Å². The fourth-order valence-electron chi connectivity index (χ4n) is 3.68. The van der Waals surface area contributed by atoms with Gasteiger partial charge < -0.3 is 19.6 Å². The number of methoxy groups -OCH3 is 1. The van der Waals surface area contributed by atoms with Crippen LogP contribution in [-0.4, -0.2) is 37.1 Å². The molecular formula is C24H24N2O4S2. The van der Waals surface area contributed by atoms with Crippen molar-refractivity contribution in [1.82, 2.24) is 0 Å². The smallest absolute Gasteiger partial charge is 0.348 e. The summed E-state index contributed by atoms with van der Waals surface area (Å²) in [5, 5.41) is 15.0. The van der Waals surface area contributed by atoms with Crippen molar-refractivity contribution in [2.75, 3.05) is 25.2 Å². The van der Waals surface area contributed by atoms with Crippen molar-refractivity contribution in [2.45, 2.75) is 18.1 Å². The largest absolute Gasteiger partial charge is 0.497 e. The van der Waals surface area contributed by atoms with Gasteiger partial charge in [-0.1, -0.05) is 35.5 Å².